The largest absolute Gasteiger partial charge is 0.360 e. The number of nitrogens with zero attached hydrogens (tertiary/aromatic N) is 2. The lowest BCUT2D eigenvalue weighted by Crippen LogP contribution is -2.47. The van der Waals surface area contributed by atoms with Gasteiger partial charge in [-0.2, -0.15) is 0 Å². The first-order valence-electron chi connectivity index (χ1n) is 9.12. The Hall–Kier alpha value is -1.95. The van der Waals surface area contributed by atoms with Crippen LogP contribution < -0.4 is 10.9 Å². The predicted molar refractivity (Wildman–Crippen MR) is 106 cm³/mol. The highest BCUT2D eigenvalue weighted by atomic mass is 32.1. The van der Waals surface area contributed by atoms with E-state index in [1.807, 2.05) is 18.2 Å². The molecule has 1 aromatic carbocycles. The van der Waals surface area contributed by atoms with Crippen LogP contribution in [-0.4, -0.2) is 32.6 Å². The van der Waals surface area contributed by atoms with Crippen LogP contribution in [0.15, 0.2) is 29.1 Å². The molecule has 0 bridgehead atoms. The van der Waals surface area contributed by atoms with Gasteiger partial charge in [0.1, 0.15) is 5.82 Å². The lowest BCUT2D eigenvalue weighted by Gasteiger charge is -2.33. The van der Waals surface area contributed by atoms with Gasteiger partial charge in [-0.25, -0.2) is 4.98 Å². The fourth-order valence-electron chi connectivity index (χ4n) is 3.50. The van der Waals surface area contributed by atoms with Crippen LogP contribution in [0.25, 0.3) is 10.9 Å². The Morgan fingerprint density at radius 1 is 1.36 bits per heavy atom. The molecular weight excluding hydrogens is 332 g/mol. The van der Waals surface area contributed by atoms with Crippen molar-refractivity contribution in [3.8, 4) is 0 Å². The van der Waals surface area contributed by atoms with E-state index in [0.717, 1.165) is 17.2 Å². The molecule has 0 amide bonds. The number of hydrogen-bond acceptors (Lipinski definition) is 3. The summed E-state index contributed by atoms with van der Waals surface area (Å²) in [4.78, 5) is 21.8. The lowest BCUT2D eigenvalue weighted by atomic mass is 9.86. The van der Waals surface area contributed by atoms with Gasteiger partial charge in [0.2, 0.25) is 0 Å². The van der Waals surface area contributed by atoms with Crippen LogP contribution in [0.3, 0.4) is 0 Å². The van der Waals surface area contributed by atoms with Crippen LogP contribution in [0.4, 0.5) is 0 Å². The lowest BCUT2D eigenvalue weighted by molar-refractivity contribution is 0.296. The molecule has 1 saturated carbocycles. The summed E-state index contributed by atoms with van der Waals surface area (Å²) in [6.45, 7) is 5.63. The smallest absolute Gasteiger partial charge is 0.258 e. The van der Waals surface area contributed by atoms with Crippen molar-refractivity contribution in [2.45, 2.75) is 52.1 Å². The van der Waals surface area contributed by atoms with Crippen molar-refractivity contribution in [2.24, 2.45) is 5.92 Å². The molecule has 0 saturated heterocycles. The average molecular weight is 359 g/mol. The molecule has 6 heteroatoms. The SMILES string of the molecule is CCN(Cc1nc2ccccc2c(=O)[nH]1)C(=S)N[C@@H]1CCCC[C@@H]1C. The molecule has 1 aliphatic rings. The summed E-state index contributed by atoms with van der Waals surface area (Å²) in [5.41, 5.74) is 0.619. The highest BCUT2D eigenvalue weighted by molar-refractivity contribution is 7.80. The van der Waals surface area contributed by atoms with E-state index in [0.29, 0.717) is 29.7 Å². The summed E-state index contributed by atoms with van der Waals surface area (Å²) in [5.74, 6) is 1.29. The van der Waals surface area contributed by atoms with Crippen molar-refractivity contribution in [2.75, 3.05) is 6.54 Å². The van der Waals surface area contributed by atoms with Gasteiger partial charge in [0.05, 0.1) is 17.4 Å². The van der Waals surface area contributed by atoms with E-state index in [9.17, 15) is 4.79 Å². The second-order valence-electron chi connectivity index (χ2n) is 6.86. The van der Waals surface area contributed by atoms with E-state index >= 15 is 0 Å². The molecule has 5 nitrogen and oxygen atoms in total. The number of benzene rings is 1. The Labute approximate surface area is 153 Å². The maximum absolute atomic E-state index is 12.2. The van der Waals surface area contributed by atoms with Crippen LogP contribution >= 0.6 is 12.2 Å². The van der Waals surface area contributed by atoms with Gasteiger partial charge in [-0.3, -0.25) is 4.79 Å². The first-order chi connectivity index (χ1) is 12.1. The van der Waals surface area contributed by atoms with Crippen molar-refractivity contribution in [1.29, 1.82) is 0 Å². The maximum Gasteiger partial charge on any atom is 0.258 e. The molecule has 2 atom stereocenters. The van der Waals surface area contributed by atoms with E-state index in [-0.39, 0.29) is 5.56 Å². The number of aromatic nitrogens is 2. The number of rotatable bonds is 4. The molecule has 1 aromatic heterocycles. The van der Waals surface area contributed by atoms with Crippen molar-refractivity contribution >= 4 is 28.2 Å². The molecule has 0 spiro atoms. The molecule has 0 aliphatic heterocycles. The van der Waals surface area contributed by atoms with Crippen LogP contribution in [0.1, 0.15) is 45.4 Å². The van der Waals surface area contributed by atoms with Gasteiger partial charge in [-0.15, -0.1) is 0 Å². The van der Waals surface area contributed by atoms with Crippen LogP contribution in [0.2, 0.25) is 0 Å². The van der Waals surface area contributed by atoms with Crippen molar-refractivity contribution < 1.29 is 0 Å². The summed E-state index contributed by atoms with van der Waals surface area (Å²) < 4.78 is 0. The number of thiocarbonyl (C=S) groups is 1. The van der Waals surface area contributed by atoms with Gasteiger partial charge in [0.15, 0.2) is 5.11 Å². The Bertz CT molecular complexity index is 803. The molecule has 134 valence electrons. The predicted octanol–water partition coefficient (Wildman–Crippen LogP) is 3.20. The molecule has 1 fully saturated rings. The van der Waals surface area contributed by atoms with E-state index in [1.165, 1.54) is 25.7 Å². The number of nitrogens with one attached hydrogen (secondary N) is 2. The zero-order valence-electron chi connectivity index (χ0n) is 14.9. The molecule has 1 aliphatic carbocycles. The fraction of sp³-hybridized carbons (Fsp3) is 0.526. The first kappa shape index (κ1) is 17.9. The zero-order valence-corrected chi connectivity index (χ0v) is 15.7. The third-order valence-corrected chi connectivity index (χ3v) is 5.47. The topological polar surface area (TPSA) is 61.0 Å². The molecule has 0 radical (unpaired) electrons. The first-order valence-corrected chi connectivity index (χ1v) is 9.52. The standard InChI is InChI=1S/C19H26N4OS/c1-3-23(19(25)21-15-10-6-4-8-13(15)2)12-17-20-16-11-7-5-9-14(16)18(24)22-17/h5,7,9,11,13,15H,3-4,6,8,10,12H2,1-2H3,(H,21,25)(H,20,22,24)/t13-,15+/m0/s1. The van der Waals surface area contributed by atoms with Gasteiger partial charge in [0.25, 0.3) is 5.56 Å². The maximum atomic E-state index is 12.2. The van der Waals surface area contributed by atoms with Crippen LogP contribution in [0.5, 0.6) is 0 Å². The number of aromatic amines is 1. The third kappa shape index (κ3) is 4.18. The number of H-pyrrole nitrogens is 1. The van der Waals surface area contributed by atoms with Gasteiger partial charge in [-0.05, 0) is 50.0 Å². The Kier molecular flexibility index (Phi) is 5.68. The Morgan fingerprint density at radius 2 is 2.12 bits per heavy atom. The monoisotopic (exact) mass is 358 g/mol. The number of fused-ring (bicyclic) bond motifs is 1. The third-order valence-electron chi connectivity index (χ3n) is 5.09. The molecule has 2 N–H and O–H groups in total. The number of para-hydroxylation sites is 1. The summed E-state index contributed by atoms with van der Waals surface area (Å²) in [7, 11) is 0. The van der Waals surface area contributed by atoms with E-state index < -0.39 is 0 Å². The zero-order chi connectivity index (χ0) is 17.8. The minimum absolute atomic E-state index is 0.101. The summed E-state index contributed by atoms with van der Waals surface area (Å²) in [6, 6.07) is 7.84. The van der Waals surface area contributed by atoms with Gasteiger partial charge in [0, 0.05) is 12.6 Å². The fourth-order valence-corrected chi connectivity index (χ4v) is 3.84. The average Bonchev–Trinajstić information content (AvgIpc) is 2.61. The van der Waals surface area contributed by atoms with Crippen LogP contribution in [-0.2, 0) is 6.54 Å². The van der Waals surface area contributed by atoms with E-state index in [1.54, 1.807) is 6.07 Å². The Balaban J connectivity index is 1.73. The molecule has 25 heavy (non-hydrogen) atoms. The van der Waals surface area contributed by atoms with E-state index in [2.05, 4.69) is 34.0 Å². The highest BCUT2D eigenvalue weighted by Crippen LogP contribution is 2.24. The second-order valence-corrected chi connectivity index (χ2v) is 7.25. The molecule has 1 heterocycles. The molecule has 3 rings (SSSR count). The van der Waals surface area contributed by atoms with Crippen molar-refractivity contribution in [1.82, 2.24) is 20.2 Å². The van der Waals surface area contributed by atoms with Gasteiger partial charge >= 0.3 is 0 Å². The minimum atomic E-state index is -0.101. The Morgan fingerprint density at radius 3 is 2.88 bits per heavy atom. The van der Waals surface area contributed by atoms with Gasteiger partial charge in [-0.1, -0.05) is 31.9 Å². The van der Waals surface area contributed by atoms with Crippen LogP contribution in [0, 0.1) is 5.92 Å². The summed E-state index contributed by atoms with van der Waals surface area (Å²) in [6.07, 6.45) is 5.00. The van der Waals surface area contributed by atoms with Crippen molar-refractivity contribution in [3.63, 3.8) is 0 Å². The minimum Gasteiger partial charge on any atom is -0.360 e. The molecule has 2 aromatic rings. The normalized spacial score (nSPS) is 20.4. The second kappa shape index (κ2) is 7.95. The summed E-state index contributed by atoms with van der Waals surface area (Å²) in [5, 5.41) is 4.89. The summed E-state index contributed by atoms with van der Waals surface area (Å²) >= 11 is 5.63. The van der Waals surface area contributed by atoms with E-state index in [4.69, 9.17) is 12.2 Å². The number of hydrogen-bond donors (Lipinski definition) is 2. The van der Waals surface area contributed by atoms with Crippen molar-refractivity contribution in [3.05, 3.63) is 40.4 Å². The molecular formula is C19H26N4OS. The molecule has 0 unspecified atom stereocenters. The van der Waals surface area contributed by atoms with Gasteiger partial charge < -0.3 is 15.2 Å². The quantitative estimate of drug-likeness (QED) is 0.822. The highest BCUT2D eigenvalue weighted by Gasteiger charge is 2.23.